The quantitative estimate of drug-likeness (QED) is 0.802. The molecule has 1 aliphatic rings. The molecule has 7 heteroatoms. The highest BCUT2D eigenvalue weighted by Crippen LogP contribution is 2.22. The van der Waals surface area contributed by atoms with Gasteiger partial charge in [0.15, 0.2) is 0 Å². The Balaban J connectivity index is 1.88. The first-order valence-corrected chi connectivity index (χ1v) is 9.73. The molecular weight excluding hydrogens is 344 g/mol. The molecule has 2 N–H and O–H groups in total. The fourth-order valence-corrected chi connectivity index (χ4v) is 3.20. The Morgan fingerprint density at radius 1 is 1.04 bits per heavy atom. The summed E-state index contributed by atoms with van der Waals surface area (Å²) in [5.74, 6) is -0.215. The Morgan fingerprint density at radius 2 is 1.63 bits per heavy atom. The SMILES string of the molecule is CCC(=O)Nc1cccc(NC(=O)C2CCN(C(=O)N(CC)CC)CC2)c1. The molecule has 4 amide bonds. The lowest BCUT2D eigenvalue weighted by molar-refractivity contribution is -0.121. The van der Waals surface area contributed by atoms with Gasteiger partial charge in [-0.2, -0.15) is 0 Å². The van der Waals surface area contributed by atoms with Crippen LogP contribution in [0.25, 0.3) is 0 Å². The number of hydrogen-bond donors (Lipinski definition) is 2. The lowest BCUT2D eigenvalue weighted by atomic mass is 9.96. The van der Waals surface area contributed by atoms with E-state index in [4.69, 9.17) is 0 Å². The number of likely N-dealkylation sites (tertiary alicyclic amines) is 1. The predicted octanol–water partition coefficient (Wildman–Crippen LogP) is 3.15. The molecule has 0 atom stereocenters. The van der Waals surface area contributed by atoms with E-state index in [9.17, 15) is 14.4 Å². The van der Waals surface area contributed by atoms with Crippen LogP contribution in [0.1, 0.15) is 40.0 Å². The predicted molar refractivity (Wildman–Crippen MR) is 107 cm³/mol. The van der Waals surface area contributed by atoms with Gasteiger partial charge in [0, 0.05) is 49.9 Å². The van der Waals surface area contributed by atoms with Gasteiger partial charge in [0.25, 0.3) is 0 Å². The van der Waals surface area contributed by atoms with E-state index in [1.807, 2.05) is 18.7 Å². The van der Waals surface area contributed by atoms with Gasteiger partial charge in [-0.15, -0.1) is 0 Å². The first kappa shape index (κ1) is 20.7. The zero-order valence-corrected chi connectivity index (χ0v) is 16.5. The van der Waals surface area contributed by atoms with Crippen LogP contribution in [0.5, 0.6) is 0 Å². The van der Waals surface area contributed by atoms with Crippen LogP contribution in [0.15, 0.2) is 24.3 Å². The van der Waals surface area contributed by atoms with E-state index < -0.39 is 0 Å². The van der Waals surface area contributed by atoms with Gasteiger partial charge in [0.05, 0.1) is 0 Å². The Bertz CT molecular complexity index is 665. The topological polar surface area (TPSA) is 81.8 Å². The zero-order valence-electron chi connectivity index (χ0n) is 16.5. The van der Waals surface area contributed by atoms with Gasteiger partial charge in [0.1, 0.15) is 0 Å². The van der Waals surface area contributed by atoms with Crippen molar-refractivity contribution >= 4 is 29.2 Å². The van der Waals surface area contributed by atoms with Gasteiger partial charge in [-0.25, -0.2) is 4.79 Å². The number of rotatable bonds is 6. The molecule has 27 heavy (non-hydrogen) atoms. The second-order valence-electron chi connectivity index (χ2n) is 6.69. The van der Waals surface area contributed by atoms with Crippen molar-refractivity contribution in [2.45, 2.75) is 40.0 Å². The molecule has 2 rings (SSSR count). The highest BCUT2D eigenvalue weighted by atomic mass is 16.2. The number of nitrogens with zero attached hydrogens (tertiary/aromatic N) is 2. The average Bonchev–Trinajstić information content (AvgIpc) is 2.69. The normalized spacial score (nSPS) is 14.6. The van der Waals surface area contributed by atoms with Crippen molar-refractivity contribution in [2.24, 2.45) is 5.92 Å². The summed E-state index contributed by atoms with van der Waals surface area (Å²) in [4.78, 5) is 40.1. The van der Waals surface area contributed by atoms with Gasteiger partial charge in [-0.3, -0.25) is 9.59 Å². The fourth-order valence-electron chi connectivity index (χ4n) is 3.20. The van der Waals surface area contributed by atoms with E-state index in [1.165, 1.54) is 0 Å². The summed E-state index contributed by atoms with van der Waals surface area (Å²) in [5, 5.41) is 5.71. The standard InChI is InChI=1S/C20H30N4O3/c1-4-18(25)21-16-8-7-9-17(14-16)22-19(26)15-10-12-24(13-11-15)20(27)23(5-2)6-3/h7-9,14-15H,4-6,10-13H2,1-3H3,(H,21,25)(H,22,26). The van der Waals surface area contributed by atoms with Crippen LogP contribution in [-0.2, 0) is 9.59 Å². The molecule has 0 saturated carbocycles. The van der Waals surface area contributed by atoms with Crippen molar-refractivity contribution in [3.63, 3.8) is 0 Å². The Morgan fingerprint density at radius 3 is 2.19 bits per heavy atom. The Labute approximate surface area is 161 Å². The van der Waals surface area contributed by atoms with E-state index in [0.29, 0.717) is 56.8 Å². The molecule has 1 fully saturated rings. The summed E-state index contributed by atoms with van der Waals surface area (Å²) in [6, 6.07) is 7.20. The highest BCUT2D eigenvalue weighted by Gasteiger charge is 2.28. The van der Waals surface area contributed by atoms with Crippen LogP contribution in [0.3, 0.4) is 0 Å². The largest absolute Gasteiger partial charge is 0.326 e. The van der Waals surface area contributed by atoms with Crippen LogP contribution in [0, 0.1) is 5.92 Å². The summed E-state index contributed by atoms with van der Waals surface area (Å²) in [7, 11) is 0. The number of nitrogens with one attached hydrogen (secondary N) is 2. The molecule has 1 heterocycles. The molecule has 0 aliphatic carbocycles. The van der Waals surface area contributed by atoms with Crippen LogP contribution >= 0.6 is 0 Å². The third-order valence-corrected chi connectivity index (χ3v) is 4.91. The maximum Gasteiger partial charge on any atom is 0.319 e. The number of hydrogen-bond acceptors (Lipinski definition) is 3. The molecule has 0 bridgehead atoms. The minimum Gasteiger partial charge on any atom is -0.326 e. The number of amides is 4. The smallest absolute Gasteiger partial charge is 0.319 e. The maximum atomic E-state index is 12.6. The van der Waals surface area contributed by atoms with E-state index in [1.54, 1.807) is 36.1 Å². The zero-order chi connectivity index (χ0) is 19.8. The third-order valence-electron chi connectivity index (χ3n) is 4.91. The van der Waals surface area contributed by atoms with Crippen LogP contribution < -0.4 is 10.6 Å². The summed E-state index contributed by atoms with van der Waals surface area (Å²) in [6.45, 7) is 8.32. The number of anilines is 2. The molecule has 0 radical (unpaired) electrons. The molecule has 0 aromatic heterocycles. The first-order chi connectivity index (χ1) is 13.0. The van der Waals surface area contributed by atoms with Crippen LogP contribution in [0.4, 0.5) is 16.2 Å². The summed E-state index contributed by atoms with van der Waals surface area (Å²) in [6.07, 6.45) is 1.72. The van der Waals surface area contributed by atoms with E-state index >= 15 is 0 Å². The number of carbonyl (C=O) groups is 3. The number of carbonyl (C=O) groups excluding carboxylic acids is 3. The third kappa shape index (κ3) is 5.70. The maximum absolute atomic E-state index is 12.6. The minimum atomic E-state index is -0.111. The van der Waals surface area contributed by atoms with E-state index in [-0.39, 0.29) is 23.8 Å². The van der Waals surface area contributed by atoms with Crippen LogP contribution in [-0.4, -0.2) is 53.8 Å². The van der Waals surface area contributed by atoms with E-state index in [2.05, 4.69) is 10.6 Å². The lowest BCUT2D eigenvalue weighted by Crippen LogP contribution is -2.47. The molecular formula is C20H30N4O3. The average molecular weight is 374 g/mol. The molecule has 1 aromatic rings. The van der Waals surface area contributed by atoms with E-state index in [0.717, 1.165) is 0 Å². The highest BCUT2D eigenvalue weighted by molar-refractivity contribution is 5.95. The Kier molecular flexibility index (Phi) is 7.64. The molecule has 1 aliphatic heterocycles. The minimum absolute atomic E-state index is 0.0380. The van der Waals surface area contributed by atoms with Crippen molar-refractivity contribution in [2.75, 3.05) is 36.8 Å². The van der Waals surface area contributed by atoms with Crippen molar-refractivity contribution in [3.8, 4) is 0 Å². The number of benzene rings is 1. The first-order valence-electron chi connectivity index (χ1n) is 9.73. The van der Waals surface area contributed by atoms with Gasteiger partial charge in [-0.05, 0) is 44.9 Å². The second kappa shape index (κ2) is 9.94. The second-order valence-corrected chi connectivity index (χ2v) is 6.69. The summed E-state index contributed by atoms with van der Waals surface area (Å²) < 4.78 is 0. The van der Waals surface area contributed by atoms with Crippen molar-refractivity contribution in [1.29, 1.82) is 0 Å². The summed E-state index contributed by atoms with van der Waals surface area (Å²) >= 11 is 0. The van der Waals surface area contributed by atoms with Crippen molar-refractivity contribution < 1.29 is 14.4 Å². The fraction of sp³-hybridized carbons (Fsp3) is 0.550. The monoisotopic (exact) mass is 374 g/mol. The molecule has 148 valence electrons. The molecule has 1 aromatic carbocycles. The Hall–Kier alpha value is -2.57. The van der Waals surface area contributed by atoms with Gasteiger partial charge in [0.2, 0.25) is 11.8 Å². The van der Waals surface area contributed by atoms with Gasteiger partial charge in [-0.1, -0.05) is 13.0 Å². The summed E-state index contributed by atoms with van der Waals surface area (Å²) in [5.41, 5.74) is 1.33. The molecule has 0 unspecified atom stereocenters. The van der Waals surface area contributed by atoms with Gasteiger partial charge >= 0.3 is 6.03 Å². The number of urea groups is 1. The van der Waals surface area contributed by atoms with Crippen LogP contribution in [0.2, 0.25) is 0 Å². The van der Waals surface area contributed by atoms with Crippen molar-refractivity contribution in [1.82, 2.24) is 9.80 Å². The molecule has 1 saturated heterocycles. The van der Waals surface area contributed by atoms with Crippen molar-refractivity contribution in [3.05, 3.63) is 24.3 Å². The van der Waals surface area contributed by atoms with Gasteiger partial charge < -0.3 is 20.4 Å². The molecule has 7 nitrogen and oxygen atoms in total. The number of piperidine rings is 1. The lowest BCUT2D eigenvalue weighted by Gasteiger charge is -2.34. The molecule has 0 spiro atoms.